The van der Waals surface area contributed by atoms with Crippen LogP contribution in [0.1, 0.15) is 49.5 Å². The van der Waals surface area contributed by atoms with Gasteiger partial charge in [0.05, 0.1) is 6.10 Å². The average Bonchev–Trinajstić information content (AvgIpc) is 2.29. The van der Waals surface area contributed by atoms with Gasteiger partial charge in [0.2, 0.25) is 0 Å². The molecule has 2 nitrogen and oxygen atoms in total. The molecule has 0 bridgehead atoms. The number of aliphatic hydroxyl groups is 1. The van der Waals surface area contributed by atoms with Crippen LogP contribution in [0.3, 0.4) is 0 Å². The van der Waals surface area contributed by atoms with Crippen LogP contribution in [-0.2, 0) is 0 Å². The molecule has 0 heterocycles. The van der Waals surface area contributed by atoms with Gasteiger partial charge in [0, 0.05) is 6.04 Å². The summed E-state index contributed by atoms with van der Waals surface area (Å²) in [6, 6.07) is 8.66. The molecule has 0 aliphatic heterocycles. The second kappa shape index (κ2) is 4.77. The van der Waals surface area contributed by atoms with Gasteiger partial charge in [-0.15, -0.1) is 0 Å². The lowest BCUT2D eigenvalue weighted by Crippen LogP contribution is -2.27. The van der Waals surface area contributed by atoms with Gasteiger partial charge < -0.3 is 10.4 Å². The minimum absolute atomic E-state index is 0.263. The molecular formula is C13H19NO. The predicted molar refractivity (Wildman–Crippen MR) is 61.7 cm³/mol. The van der Waals surface area contributed by atoms with E-state index in [0.717, 1.165) is 31.4 Å². The molecule has 15 heavy (non-hydrogen) atoms. The molecule has 0 amide bonds. The van der Waals surface area contributed by atoms with Crippen molar-refractivity contribution in [3.05, 3.63) is 35.4 Å². The Kier molecular flexibility index (Phi) is 3.39. The van der Waals surface area contributed by atoms with Crippen LogP contribution in [0, 0.1) is 0 Å². The molecule has 2 heteroatoms. The maximum absolute atomic E-state index is 9.88. The van der Waals surface area contributed by atoms with Crippen molar-refractivity contribution in [1.82, 2.24) is 5.32 Å². The van der Waals surface area contributed by atoms with Crippen molar-refractivity contribution in [2.45, 2.75) is 38.3 Å². The molecule has 2 N–H and O–H groups in total. The van der Waals surface area contributed by atoms with E-state index >= 15 is 0 Å². The summed E-state index contributed by atoms with van der Waals surface area (Å²) in [5, 5.41) is 13.4. The fourth-order valence-electron chi connectivity index (χ4n) is 2.30. The van der Waals surface area contributed by atoms with E-state index in [-0.39, 0.29) is 6.10 Å². The fourth-order valence-corrected chi connectivity index (χ4v) is 2.30. The molecule has 1 aromatic rings. The number of aliphatic hydroxyl groups excluding tert-OH is 1. The summed E-state index contributed by atoms with van der Waals surface area (Å²) >= 11 is 0. The molecular weight excluding hydrogens is 186 g/mol. The molecule has 1 aliphatic rings. The minimum Gasteiger partial charge on any atom is -0.388 e. The zero-order valence-electron chi connectivity index (χ0n) is 9.24. The van der Waals surface area contributed by atoms with Gasteiger partial charge in [-0.1, -0.05) is 31.2 Å². The van der Waals surface area contributed by atoms with Crippen LogP contribution >= 0.6 is 0 Å². The van der Waals surface area contributed by atoms with Crippen molar-refractivity contribution in [2.75, 3.05) is 6.54 Å². The maximum Gasteiger partial charge on any atom is 0.0794 e. The molecule has 0 radical (unpaired) electrons. The zero-order valence-corrected chi connectivity index (χ0v) is 9.24. The van der Waals surface area contributed by atoms with Gasteiger partial charge in [0.1, 0.15) is 0 Å². The molecule has 1 aliphatic carbocycles. The van der Waals surface area contributed by atoms with E-state index in [1.54, 1.807) is 0 Å². The molecule has 2 rings (SSSR count). The highest BCUT2D eigenvalue weighted by atomic mass is 16.3. The summed E-state index contributed by atoms with van der Waals surface area (Å²) in [5.41, 5.74) is 2.39. The third-order valence-electron chi connectivity index (χ3n) is 3.10. The van der Waals surface area contributed by atoms with Gasteiger partial charge in [-0.25, -0.2) is 0 Å². The minimum atomic E-state index is -0.263. The monoisotopic (exact) mass is 205 g/mol. The number of rotatable bonds is 3. The second-order valence-corrected chi connectivity index (χ2v) is 4.23. The summed E-state index contributed by atoms with van der Waals surface area (Å²) in [6.45, 7) is 3.23. The van der Waals surface area contributed by atoms with Crippen LogP contribution in [0.2, 0.25) is 0 Å². The smallest absolute Gasteiger partial charge is 0.0794 e. The topological polar surface area (TPSA) is 32.3 Å². The molecule has 1 aromatic carbocycles. The summed E-state index contributed by atoms with van der Waals surface area (Å²) < 4.78 is 0. The van der Waals surface area contributed by atoms with Gasteiger partial charge in [0.25, 0.3) is 0 Å². The Balaban J connectivity index is 2.20. The number of nitrogens with one attached hydrogen (secondary N) is 1. The van der Waals surface area contributed by atoms with E-state index in [2.05, 4.69) is 24.4 Å². The molecule has 0 fully saturated rings. The highest BCUT2D eigenvalue weighted by Crippen LogP contribution is 2.35. The lowest BCUT2D eigenvalue weighted by atomic mass is 9.86. The van der Waals surface area contributed by atoms with Crippen LogP contribution in [0.15, 0.2) is 24.3 Å². The highest BCUT2D eigenvalue weighted by Gasteiger charge is 2.24. The van der Waals surface area contributed by atoms with Crippen LogP contribution in [0.25, 0.3) is 0 Å². The standard InChI is InChI=1S/C13H19NO/c1-2-9-14-12-7-8-13(15)11-6-4-3-5-10(11)12/h3-6,12-15H,2,7-9H2,1H3. The van der Waals surface area contributed by atoms with E-state index in [1.807, 2.05) is 12.1 Å². The Morgan fingerprint density at radius 3 is 2.73 bits per heavy atom. The van der Waals surface area contributed by atoms with Gasteiger partial charge in [-0.2, -0.15) is 0 Å². The van der Waals surface area contributed by atoms with Crippen molar-refractivity contribution in [2.24, 2.45) is 0 Å². The van der Waals surface area contributed by atoms with Crippen molar-refractivity contribution < 1.29 is 5.11 Å². The number of hydrogen-bond donors (Lipinski definition) is 2. The third-order valence-corrected chi connectivity index (χ3v) is 3.10. The first-order chi connectivity index (χ1) is 7.33. The Morgan fingerprint density at radius 1 is 1.27 bits per heavy atom. The zero-order chi connectivity index (χ0) is 10.7. The van der Waals surface area contributed by atoms with Crippen LogP contribution in [0.5, 0.6) is 0 Å². The molecule has 2 atom stereocenters. The second-order valence-electron chi connectivity index (χ2n) is 4.23. The molecule has 2 unspecified atom stereocenters. The van der Waals surface area contributed by atoms with Crippen molar-refractivity contribution in [3.63, 3.8) is 0 Å². The van der Waals surface area contributed by atoms with Crippen LogP contribution < -0.4 is 5.32 Å². The Bertz CT molecular complexity index is 324. The maximum atomic E-state index is 9.88. The molecule has 0 saturated carbocycles. The van der Waals surface area contributed by atoms with Crippen LogP contribution in [-0.4, -0.2) is 11.7 Å². The summed E-state index contributed by atoms with van der Waals surface area (Å²) in [5.74, 6) is 0. The summed E-state index contributed by atoms with van der Waals surface area (Å²) in [7, 11) is 0. The van der Waals surface area contributed by atoms with Crippen molar-refractivity contribution in [1.29, 1.82) is 0 Å². The Labute approximate surface area is 91.3 Å². The molecule has 0 aromatic heterocycles. The van der Waals surface area contributed by atoms with Gasteiger partial charge in [0.15, 0.2) is 0 Å². The average molecular weight is 205 g/mol. The highest BCUT2D eigenvalue weighted by molar-refractivity contribution is 5.33. The fraction of sp³-hybridized carbons (Fsp3) is 0.538. The number of fused-ring (bicyclic) bond motifs is 1. The van der Waals surface area contributed by atoms with Crippen molar-refractivity contribution >= 4 is 0 Å². The summed E-state index contributed by atoms with van der Waals surface area (Å²) in [4.78, 5) is 0. The normalized spacial score (nSPS) is 24.9. The van der Waals surface area contributed by atoms with Crippen molar-refractivity contribution in [3.8, 4) is 0 Å². The Morgan fingerprint density at radius 2 is 2.00 bits per heavy atom. The van der Waals surface area contributed by atoms with Gasteiger partial charge >= 0.3 is 0 Å². The van der Waals surface area contributed by atoms with Gasteiger partial charge in [-0.05, 0) is 36.9 Å². The van der Waals surface area contributed by atoms with E-state index in [4.69, 9.17) is 0 Å². The van der Waals surface area contributed by atoms with E-state index in [1.165, 1.54) is 5.56 Å². The summed E-state index contributed by atoms with van der Waals surface area (Å²) in [6.07, 6.45) is 2.80. The molecule has 0 spiro atoms. The predicted octanol–water partition coefficient (Wildman–Crippen LogP) is 2.55. The van der Waals surface area contributed by atoms with E-state index in [9.17, 15) is 5.11 Å². The third kappa shape index (κ3) is 2.21. The quantitative estimate of drug-likeness (QED) is 0.795. The first-order valence-corrected chi connectivity index (χ1v) is 5.83. The lowest BCUT2D eigenvalue weighted by molar-refractivity contribution is 0.146. The molecule has 82 valence electrons. The van der Waals surface area contributed by atoms with E-state index in [0.29, 0.717) is 6.04 Å². The largest absolute Gasteiger partial charge is 0.388 e. The first-order valence-electron chi connectivity index (χ1n) is 5.83. The number of hydrogen-bond acceptors (Lipinski definition) is 2. The SMILES string of the molecule is CCCNC1CCC(O)c2ccccc21. The molecule has 0 saturated heterocycles. The van der Waals surface area contributed by atoms with E-state index < -0.39 is 0 Å². The van der Waals surface area contributed by atoms with Gasteiger partial charge in [-0.3, -0.25) is 0 Å². The first kappa shape index (κ1) is 10.7. The van der Waals surface area contributed by atoms with Crippen LogP contribution in [0.4, 0.5) is 0 Å². The Hall–Kier alpha value is -0.860. The number of benzene rings is 1. The lowest BCUT2D eigenvalue weighted by Gasteiger charge is -2.29.